The second kappa shape index (κ2) is 4.63. The van der Waals surface area contributed by atoms with Crippen LogP contribution in [0.25, 0.3) is 0 Å². The summed E-state index contributed by atoms with van der Waals surface area (Å²) in [5.41, 5.74) is 9.53. The zero-order valence-corrected chi connectivity index (χ0v) is 11.0. The van der Waals surface area contributed by atoms with Crippen LogP contribution in [-0.2, 0) is 18.4 Å². The lowest BCUT2D eigenvalue weighted by Crippen LogP contribution is -2.43. The quantitative estimate of drug-likeness (QED) is 0.889. The molecule has 4 heteroatoms. The van der Waals surface area contributed by atoms with Gasteiger partial charge in [0.15, 0.2) is 0 Å². The van der Waals surface area contributed by atoms with E-state index in [1.165, 1.54) is 11.1 Å². The molecule has 0 aliphatic heterocycles. The Bertz CT molecular complexity index is 599. The third-order valence-electron chi connectivity index (χ3n) is 3.79. The third-order valence-corrected chi connectivity index (χ3v) is 3.79. The van der Waals surface area contributed by atoms with Gasteiger partial charge in [0, 0.05) is 12.4 Å². The largest absolute Gasteiger partial charge is 0.480 e. The van der Waals surface area contributed by atoms with Gasteiger partial charge in [-0.1, -0.05) is 24.3 Å². The zero-order chi connectivity index (χ0) is 13.3. The Balaban J connectivity index is 2.01. The molecule has 98 valence electrons. The minimum Gasteiger partial charge on any atom is -0.480 e. The van der Waals surface area contributed by atoms with Gasteiger partial charge in [0.05, 0.1) is 12.6 Å². The van der Waals surface area contributed by atoms with Crippen LogP contribution in [-0.4, -0.2) is 17.1 Å². The summed E-state index contributed by atoms with van der Waals surface area (Å²) < 4.78 is 5.30. The van der Waals surface area contributed by atoms with Gasteiger partial charge in [-0.2, -0.15) is 0 Å². The molecular formula is C15H17N3O. The van der Waals surface area contributed by atoms with Gasteiger partial charge in [-0.05, 0) is 30.4 Å². The highest BCUT2D eigenvalue weighted by atomic mass is 16.5. The van der Waals surface area contributed by atoms with Crippen LogP contribution in [0.3, 0.4) is 0 Å². The molecule has 1 atom stereocenters. The normalized spacial score (nSPS) is 21.8. The fourth-order valence-corrected chi connectivity index (χ4v) is 2.78. The van der Waals surface area contributed by atoms with Crippen LogP contribution in [0, 0.1) is 0 Å². The van der Waals surface area contributed by atoms with Crippen LogP contribution < -0.4 is 10.5 Å². The number of benzene rings is 1. The number of nitrogens with zero attached hydrogens (tertiary/aromatic N) is 2. The molecule has 0 fully saturated rings. The van der Waals surface area contributed by atoms with Crippen LogP contribution >= 0.6 is 0 Å². The summed E-state index contributed by atoms with van der Waals surface area (Å²) in [7, 11) is 1.60. The van der Waals surface area contributed by atoms with Crippen LogP contribution in [0.5, 0.6) is 5.88 Å². The van der Waals surface area contributed by atoms with Gasteiger partial charge in [-0.25, -0.2) is 4.98 Å². The monoisotopic (exact) mass is 255 g/mol. The summed E-state index contributed by atoms with van der Waals surface area (Å²) in [6.07, 6.45) is 5.90. The fourth-order valence-electron chi connectivity index (χ4n) is 2.78. The van der Waals surface area contributed by atoms with E-state index in [1.807, 2.05) is 0 Å². The number of hydrogen-bond acceptors (Lipinski definition) is 4. The van der Waals surface area contributed by atoms with Crippen molar-refractivity contribution in [1.82, 2.24) is 9.97 Å². The Kier molecular flexibility index (Phi) is 2.95. The van der Waals surface area contributed by atoms with Gasteiger partial charge in [0.1, 0.15) is 5.69 Å². The second-order valence-corrected chi connectivity index (χ2v) is 5.02. The molecule has 19 heavy (non-hydrogen) atoms. The average Bonchev–Trinajstić information content (AvgIpc) is 2.47. The van der Waals surface area contributed by atoms with Crippen molar-refractivity contribution in [3.8, 4) is 5.88 Å². The van der Waals surface area contributed by atoms with Crippen molar-refractivity contribution >= 4 is 0 Å². The molecule has 0 saturated carbocycles. The summed E-state index contributed by atoms with van der Waals surface area (Å²) >= 11 is 0. The molecule has 1 unspecified atom stereocenters. The van der Waals surface area contributed by atoms with Gasteiger partial charge in [0.2, 0.25) is 5.88 Å². The van der Waals surface area contributed by atoms with E-state index in [4.69, 9.17) is 10.5 Å². The first-order valence-electron chi connectivity index (χ1n) is 6.44. The number of methoxy groups -OCH3 is 1. The van der Waals surface area contributed by atoms with Crippen molar-refractivity contribution in [2.45, 2.75) is 24.8 Å². The van der Waals surface area contributed by atoms with Crippen molar-refractivity contribution in [3.05, 3.63) is 53.5 Å². The molecule has 0 amide bonds. The van der Waals surface area contributed by atoms with Crippen molar-refractivity contribution in [3.63, 3.8) is 0 Å². The van der Waals surface area contributed by atoms with Gasteiger partial charge < -0.3 is 10.5 Å². The number of hydrogen-bond donors (Lipinski definition) is 1. The van der Waals surface area contributed by atoms with E-state index in [9.17, 15) is 0 Å². The minimum absolute atomic E-state index is 0.492. The maximum atomic E-state index is 6.59. The van der Waals surface area contributed by atoms with E-state index in [1.54, 1.807) is 19.5 Å². The van der Waals surface area contributed by atoms with Gasteiger partial charge >= 0.3 is 0 Å². The third kappa shape index (κ3) is 2.08. The molecule has 0 bridgehead atoms. The molecule has 1 heterocycles. The molecule has 1 aromatic heterocycles. The number of nitrogens with two attached hydrogens (primary N) is 1. The van der Waals surface area contributed by atoms with Crippen LogP contribution in [0.4, 0.5) is 0 Å². The van der Waals surface area contributed by atoms with E-state index < -0.39 is 5.54 Å². The zero-order valence-electron chi connectivity index (χ0n) is 11.0. The number of ether oxygens (including phenoxy) is 1. The van der Waals surface area contributed by atoms with Crippen molar-refractivity contribution in [1.29, 1.82) is 0 Å². The summed E-state index contributed by atoms with van der Waals surface area (Å²) in [5, 5.41) is 0. The van der Waals surface area contributed by atoms with E-state index in [0.29, 0.717) is 5.88 Å². The van der Waals surface area contributed by atoms with Gasteiger partial charge in [0.25, 0.3) is 0 Å². The highest BCUT2D eigenvalue weighted by Gasteiger charge is 2.36. The molecule has 0 spiro atoms. The standard InChI is InChI=1S/C15H17N3O/c1-19-14-13(17-8-9-18-14)15(16)7-6-11-4-2-3-5-12(11)10-15/h2-5,8-9H,6-7,10,16H2,1H3. The number of aryl methyl sites for hydroxylation is 1. The lowest BCUT2D eigenvalue weighted by molar-refractivity contribution is 0.329. The Morgan fingerprint density at radius 2 is 1.89 bits per heavy atom. The molecule has 3 rings (SSSR count). The van der Waals surface area contributed by atoms with E-state index >= 15 is 0 Å². The van der Waals surface area contributed by atoms with Gasteiger partial charge in [-0.3, -0.25) is 4.98 Å². The SMILES string of the molecule is COc1nccnc1C1(N)CCc2ccccc2C1. The lowest BCUT2D eigenvalue weighted by Gasteiger charge is -2.34. The number of aromatic nitrogens is 2. The molecular weight excluding hydrogens is 238 g/mol. The summed E-state index contributed by atoms with van der Waals surface area (Å²) in [4.78, 5) is 8.61. The molecule has 0 saturated heterocycles. The maximum absolute atomic E-state index is 6.59. The first-order chi connectivity index (χ1) is 9.23. The molecule has 1 aromatic carbocycles. The van der Waals surface area contributed by atoms with Gasteiger partial charge in [-0.15, -0.1) is 0 Å². The topological polar surface area (TPSA) is 61.0 Å². The second-order valence-electron chi connectivity index (χ2n) is 5.02. The predicted molar refractivity (Wildman–Crippen MR) is 72.9 cm³/mol. The average molecular weight is 255 g/mol. The first kappa shape index (κ1) is 12.1. The predicted octanol–water partition coefficient (Wildman–Crippen LogP) is 1.83. The summed E-state index contributed by atoms with van der Waals surface area (Å²) in [6.45, 7) is 0. The molecule has 2 N–H and O–H groups in total. The lowest BCUT2D eigenvalue weighted by atomic mass is 9.76. The Morgan fingerprint density at radius 3 is 2.68 bits per heavy atom. The smallest absolute Gasteiger partial charge is 0.237 e. The first-order valence-corrected chi connectivity index (χ1v) is 6.44. The van der Waals surface area contributed by atoms with E-state index in [0.717, 1.165) is 25.0 Å². The van der Waals surface area contributed by atoms with Crippen molar-refractivity contribution in [2.24, 2.45) is 5.73 Å². The Hall–Kier alpha value is -1.94. The Labute approximate surface area is 112 Å². The highest BCUT2D eigenvalue weighted by Crippen LogP contribution is 2.36. The highest BCUT2D eigenvalue weighted by molar-refractivity contribution is 5.37. The van der Waals surface area contributed by atoms with E-state index in [-0.39, 0.29) is 0 Å². The molecule has 1 aliphatic carbocycles. The molecule has 0 radical (unpaired) electrons. The van der Waals surface area contributed by atoms with Crippen molar-refractivity contribution < 1.29 is 4.74 Å². The van der Waals surface area contributed by atoms with Crippen molar-refractivity contribution in [2.75, 3.05) is 7.11 Å². The number of rotatable bonds is 2. The molecule has 2 aromatic rings. The Morgan fingerprint density at radius 1 is 1.16 bits per heavy atom. The number of fused-ring (bicyclic) bond motifs is 1. The summed E-state index contributed by atoms with van der Waals surface area (Å²) in [6, 6.07) is 8.44. The van der Waals surface area contributed by atoms with Crippen LogP contribution in [0.15, 0.2) is 36.7 Å². The summed E-state index contributed by atoms with van der Waals surface area (Å²) in [5.74, 6) is 0.532. The molecule has 1 aliphatic rings. The maximum Gasteiger partial charge on any atom is 0.237 e. The fraction of sp³-hybridized carbons (Fsp3) is 0.333. The van der Waals surface area contributed by atoms with Crippen LogP contribution in [0.2, 0.25) is 0 Å². The van der Waals surface area contributed by atoms with E-state index in [2.05, 4.69) is 34.2 Å². The molecule has 4 nitrogen and oxygen atoms in total. The minimum atomic E-state index is -0.492. The van der Waals surface area contributed by atoms with Crippen LogP contribution in [0.1, 0.15) is 23.2 Å².